The average Bonchev–Trinajstić information content (AvgIpc) is 3.62. The number of aliphatic hydroxyl groups excluding tert-OH is 1. The van der Waals surface area contributed by atoms with Crippen LogP contribution in [0.3, 0.4) is 0 Å². The van der Waals surface area contributed by atoms with E-state index in [1.54, 1.807) is 26.9 Å². The summed E-state index contributed by atoms with van der Waals surface area (Å²) in [6.07, 6.45) is 5.28. The van der Waals surface area contributed by atoms with Gasteiger partial charge in [0, 0.05) is 44.2 Å². The second-order valence-electron chi connectivity index (χ2n) is 12.0. The van der Waals surface area contributed by atoms with Crippen molar-refractivity contribution in [3.63, 3.8) is 0 Å². The number of rotatable bonds is 15. The fourth-order valence-corrected chi connectivity index (χ4v) is 8.21. The van der Waals surface area contributed by atoms with Crippen LogP contribution in [0.25, 0.3) is 0 Å². The lowest BCUT2D eigenvalue weighted by molar-refractivity contribution is -0.149. The molecule has 3 aliphatic heterocycles. The van der Waals surface area contributed by atoms with Gasteiger partial charge in [0.15, 0.2) is 0 Å². The molecule has 44 heavy (non-hydrogen) atoms. The zero-order valence-corrected chi connectivity index (χ0v) is 26.7. The third-order valence-electron chi connectivity index (χ3n) is 9.12. The van der Waals surface area contributed by atoms with Gasteiger partial charge >= 0.3 is 0 Å². The number of hydrogen-bond donors (Lipinski definition) is 1. The van der Waals surface area contributed by atoms with Crippen molar-refractivity contribution < 1.29 is 24.2 Å². The molecule has 0 aromatic heterocycles. The minimum Gasteiger partial charge on any atom is -0.396 e. The first-order valence-electron chi connectivity index (χ1n) is 15.5. The van der Waals surface area contributed by atoms with Gasteiger partial charge in [0.05, 0.1) is 17.9 Å². The lowest BCUT2D eigenvalue weighted by atomic mass is 9.70. The maximum atomic E-state index is 14.6. The minimum atomic E-state index is -1.13. The smallest absolute Gasteiger partial charge is 0.248 e. The lowest BCUT2D eigenvalue weighted by Crippen LogP contribution is -2.57. The number of nitrogens with zero attached hydrogens (tertiary/aromatic N) is 3. The fourth-order valence-electron chi connectivity index (χ4n) is 7.27. The standard InChI is InChI=1S/C35H42BrN3O5/c1-3-18-37(23-25-14-8-5-9-15-25)32(41)28-29-33(42)39(20-12-7-13-21-40)31(35(29)22-27(36)30(28)44-35)34(43)38(19-4-2)24-26-16-10-6-11-17-26/h3-6,8-11,14-17,27-31,40H,1-2,7,12-13,18-24H2/t27?,28-,29+,30-,31?,35?/m1/s1. The van der Waals surface area contributed by atoms with Gasteiger partial charge in [-0.3, -0.25) is 14.4 Å². The quantitative estimate of drug-likeness (QED) is 0.174. The highest BCUT2D eigenvalue weighted by Crippen LogP contribution is 2.60. The molecule has 0 aliphatic carbocycles. The largest absolute Gasteiger partial charge is 0.396 e. The Bertz CT molecular complexity index is 1340. The van der Waals surface area contributed by atoms with E-state index in [2.05, 4.69) is 29.1 Å². The van der Waals surface area contributed by atoms with Crippen LogP contribution in [0.2, 0.25) is 0 Å². The summed E-state index contributed by atoms with van der Waals surface area (Å²) in [7, 11) is 0. The van der Waals surface area contributed by atoms with Crippen LogP contribution in [0.1, 0.15) is 36.8 Å². The van der Waals surface area contributed by atoms with E-state index >= 15 is 0 Å². The van der Waals surface area contributed by atoms with Crippen LogP contribution >= 0.6 is 15.9 Å². The van der Waals surface area contributed by atoms with Crippen LogP contribution in [-0.2, 0) is 32.2 Å². The average molecular weight is 665 g/mol. The van der Waals surface area contributed by atoms with Crippen LogP contribution in [0.4, 0.5) is 0 Å². The Labute approximate surface area is 268 Å². The number of fused-ring (bicyclic) bond motifs is 1. The maximum Gasteiger partial charge on any atom is 0.248 e. The number of likely N-dealkylation sites (tertiary alicyclic amines) is 1. The molecule has 0 radical (unpaired) electrons. The number of halogens is 1. The second-order valence-corrected chi connectivity index (χ2v) is 13.1. The van der Waals surface area contributed by atoms with Crippen molar-refractivity contribution in [2.75, 3.05) is 26.2 Å². The highest BCUT2D eigenvalue weighted by atomic mass is 79.9. The van der Waals surface area contributed by atoms with Crippen LogP contribution in [0.5, 0.6) is 0 Å². The fraction of sp³-hybridized carbons (Fsp3) is 0.457. The highest BCUT2D eigenvalue weighted by Gasteiger charge is 2.76. The lowest BCUT2D eigenvalue weighted by Gasteiger charge is -2.37. The zero-order chi connectivity index (χ0) is 31.3. The zero-order valence-electron chi connectivity index (χ0n) is 25.1. The third kappa shape index (κ3) is 6.14. The summed E-state index contributed by atoms with van der Waals surface area (Å²) in [5.41, 5.74) is 0.821. The Morgan fingerprint density at radius 3 is 2.05 bits per heavy atom. The van der Waals surface area contributed by atoms with E-state index in [1.807, 2.05) is 60.7 Å². The molecule has 1 N–H and O–H groups in total. The molecule has 2 aromatic carbocycles. The van der Waals surface area contributed by atoms with E-state index in [-0.39, 0.29) is 29.2 Å². The summed E-state index contributed by atoms with van der Waals surface area (Å²) in [6, 6.07) is 18.6. The summed E-state index contributed by atoms with van der Waals surface area (Å²) < 4.78 is 6.75. The number of unbranched alkanes of at least 4 members (excludes halogenated alkanes) is 2. The van der Waals surface area contributed by atoms with Gasteiger partial charge in [0.2, 0.25) is 17.7 Å². The van der Waals surface area contributed by atoms with E-state index in [1.165, 1.54) is 0 Å². The molecule has 9 heteroatoms. The molecule has 3 saturated heterocycles. The van der Waals surface area contributed by atoms with Crippen molar-refractivity contribution in [2.24, 2.45) is 11.8 Å². The molecule has 3 amide bonds. The highest BCUT2D eigenvalue weighted by molar-refractivity contribution is 9.09. The third-order valence-corrected chi connectivity index (χ3v) is 9.96. The normalized spacial score (nSPS) is 26.8. The first-order valence-corrected chi connectivity index (χ1v) is 16.4. The molecule has 6 atom stereocenters. The monoisotopic (exact) mass is 663 g/mol. The Balaban J connectivity index is 1.50. The van der Waals surface area contributed by atoms with E-state index < -0.39 is 29.6 Å². The van der Waals surface area contributed by atoms with E-state index in [0.717, 1.165) is 17.5 Å². The van der Waals surface area contributed by atoms with Gasteiger partial charge in [-0.05, 0) is 36.8 Å². The Kier molecular flexibility index (Phi) is 10.4. The van der Waals surface area contributed by atoms with Crippen LogP contribution in [-0.4, -0.2) is 86.3 Å². The Morgan fingerprint density at radius 1 is 0.932 bits per heavy atom. The van der Waals surface area contributed by atoms with Crippen molar-refractivity contribution in [1.29, 1.82) is 0 Å². The van der Waals surface area contributed by atoms with E-state index in [4.69, 9.17) is 4.74 Å². The van der Waals surface area contributed by atoms with Crippen molar-refractivity contribution in [3.8, 4) is 0 Å². The maximum absolute atomic E-state index is 14.6. The van der Waals surface area contributed by atoms with Crippen molar-refractivity contribution in [1.82, 2.24) is 14.7 Å². The topological polar surface area (TPSA) is 90.4 Å². The van der Waals surface area contributed by atoms with E-state index in [0.29, 0.717) is 52.0 Å². The van der Waals surface area contributed by atoms with Gasteiger partial charge in [-0.25, -0.2) is 0 Å². The summed E-state index contributed by atoms with van der Waals surface area (Å²) in [4.78, 5) is 48.4. The van der Waals surface area contributed by atoms with E-state index in [9.17, 15) is 19.5 Å². The molecule has 1 spiro atoms. The first-order chi connectivity index (χ1) is 21.4. The van der Waals surface area contributed by atoms with Gasteiger partial charge in [-0.1, -0.05) is 88.7 Å². The number of benzene rings is 2. The summed E-state index contributed by atoms with van der Waals surface area (Å²) in [5.74, 6) is -2.07. The molecular weight excluding hydrogens is 622 g/mol. The molecule has 2 aromatic rings. The summed E-state index contributed by atoms with van der Waals surface area (Å²) in [5, 5.41) is 9.34. The summed E-state index contributed by atoms with van der Waals surface area (Å²) in [6.45, 7) is 9.57. The van der Waals surface area contributed by atoms with Gasteiger partial charge in [-0.15, -0.1) is 13.2 Å². The van der Waals surface area contributed by atoms with Crippen LogP contribution in [0, 0.1) is 11.8 Å². The molecule has 3 heterocycles. The van der Waals surface area contributed by atoms with Crippen LogP contribution < -0.4 is 0 Å². The SMILES string of the molecule is C=CCN(Cc1ccccc1)C(=O)C1N(CCCCCO)C(=O)[C@@H]2[C@@H](C(=O)N(CC=C)Cc3ccccc3)[C@@H]3OC12CC3Br. The molecule has 3 fully saturated rings. The van der Waals surface area contributed by atoms with Gasteiger partial charge < -0.3 is 24.5 Å². The van der Waals surface area contributed by atoms with Crippen molar-refractivity contribution >= 4 is 33.7 Å². The van der Waals surface area contributed by atoms with Gasteiger partial charge in [-0.2, -0.15) is 0 Å². The number of alkyl halides is 1. The molecule has 3 unspecified atom stereocenters. The molecule has 5 rings (SSSR count). The molecule has 2 bridgehead atoms. The molecule has 234 valence electrons. The van der Waals surface area contributed by atoms with Crippen LogP contribution in [0.15, 0.2) is 86.0 Å². The predicted octanol–water partition coefficient (Wildman–Crippen LogP) is 4.33. The van der Waals surface area contributed by atoms with Crippen molar-refractivity contribution in [3.05, 3.63) is 97.1 Å². The molecular formula is C35H42BrN3O5. The van der Waals surface area contributed by atoms with Crippen molar-refractivity contribution in [2.45, 2.75) is 61.3 Å². The molecule has 0 saturated carbocycles. The number of carbonyl (C=O) groups excluding carboxylic acids is 3. The Hall–Kier alpha value is -3.27. The number of hydrogen-bond acceptors (Lipinski definition) is 5. The number of amides is 3. The minimum absolute atomic E-state index is 0.0697. The molecule has 3 aliphatic rings. The number of carbonyl (C=O) groups is 3. The predicted molar refractivity (Wildman–Crippen MR) is 172 cm³/mol. The number of aliphatic hydroxyl groups is 1. The first kappa shape index (κ1) is 32.1. The summed E-state index contributed by atoms with van der Waals surface area (Å²) >= 11 is 3.79. The van der Waals surface area contributed by atoms with Gasteiger partial charge in [0.25, 0.3) is 0 Å². The molecule has 8 nitrogen and oxygen atoms in total. The Morgan fingerprint density at radius 2 is 1.50 bits per heavy atom. The second kappa shape index (κ2) is 14.2. The number of ether oxygens (including phenoxy) is 1. The van der Waals surface area contributed by atoms with Gasteiger partial charge in [0.1, 0.15) is 11.6 Å².